The number of hydrogen-bond acceptors (Lipinski definition) is 9. The number of carbonyl (C=O) groups excluding carboxylic acids is 1. The summed E-state index contributed by atoms with van der Waals surface area (Å²) < 4.78 is 31.7. The number of aliphatic carboxylic acids is 1. The van der Waals surface area contributed by atoms with Gasteiger partial charge in [0.05, 0.1) is 30.4 Å². The molecule has 2 aromatic rings. The molecule has 194 valence electrons. The van der Waals surface area contributed by atoms with E-state index in [1.807, 2.05) is 4.90 Å². The van der Waals surface area contributed by atoms with Gasteiger partial charge in [0, 0.05) is 37.8 Å². The van der Waals surface area contributed by atoms with Crippen molar-refractivity contribution >= 4 is 35.1 Å². The second-order valence-corrected chi connectivity index (χ2v) is 8.01. The number of carboxylic acid groups (broad SMARTS) is 2. The van der Waals surface area contributed by atoms with Gasteiger partial charge in [0.2, 0.25) is 11.2 Å². The van der Waals surface area contributed by atoms with Gasteiger partial charge in [-0.25, -0.2) is 24.6 Å². The van der Waals surface area contributed by atoms with E-state index in [0.29, 0.717) is 50.3 Å². The van der Waals surface area contributed by atoms with Crippen LogP contribution >= 0.6 is 11.6 Å². The zero-order valence-corrected chi connectivity index (χ0v) is 19.2. The first-order valence-electron chi connectivity index (χ1n) is 10.5. The van der Waals surface area contributed by atoms with Crippen LogP contribution in [-0.4, -0.2) is 78.9 Å². The first-order valence-corrected chi connectivity index (χ1v) is 10.9. The second kappa shape index (κ2) is 11.4. The number of hydroxylamine groups is 2. The molecule has 0 radical (unpaired) electrons. The fraction of sp³-hybridized carbons (Fsp3) is 0.450. The molecule has 0 spiro atoms. The van der Waals surface area contributed by atoms with Crippen LogP contribution in [0.5, 0.6) is 0 Å². The SMILES string of the molecule is O=C(O)C(F)(F)F.O=C(O)c1nc(Cl)ncc1N1CCC(C(=O)N2OCC[C@H]2c2cnccn2)CC1. The van der Waals surface area contributed by atoms with E-state index in [2.05, 4.69) is 19.9 Å². The van der Waals surface area contributed by atoms with Crippen molar-refractivity contribution in [2.24, 2.45) is 5.92 Å². The minimum Gasteiger partial charge on any atom is -0.476 e. The average Bonchev–Trinajstić information content (AvgIpc) is 3.34. The molecule has 2 aromatic heterocycles. The van der Waals surface area contributed by atoms with E-state index in [0.717, 1.165) is 0 Å². The molecular weight excluding hydrogens is 513 g/mol. The van der Waals surface area contributed by atoms with Gasteiger partial charge in [0.15, 0.2) is 5.69 Å². The molecule has 2 saturated heterocycles. The summed E-state index contributed by atoms with van der Waals surface area (Å²) in [5.74, 6) is -4.22. The molecule has 2 aliphatic heterocycles. The van der Waals surface area contributed by atoms with Gasteiger partial charge in [-0.15, -0.1) is 0 Å². The predicted molar refractivity (Wildman–Crippen MR) is 115 cm³/mol. The van der Waals surface area contributed by atoms with E-state index in [-0.39, 0.29) is 28.8 Å². The summed E-state index contributed by atoms with van der Waals surface area (Å²) in [5, 5.41) is 17.8. The van der Waals surface area contributed by atoms with E-state index in [1.54, 1.807) is 18.6 Å². The molecule has 2 aliphatic rings. The third-order valence-electron chi connectivity index (χ3n) is 5.42. The summed E-state index contributed by atoms with van der Waals surface area (Å²) in [6, 6.07) is -0.238. The van der Waals surface area contributed by atoms with E-state index in [4.69, 9.17) is 26.3 Å². The first-order chi connectivity index (χ1) is 17.0. The molecular formula is C20H20ClF3N6O6. The highest BCUT2D eigenvalue weighted by molar-refractivity contribution is 6.28. The lowest BCUT2D eigenvalue weighted by atomic mass is 9.94. The van der Waals surface area contributed by atoms with E-state index >= 15 is 0 Å². The van der Waals surface area contributed by atoms with Crippen molar-refractivity contribution in [2.45, 2.75) is 31.5 Å². The Morgan fingerprint density at radius 3 is 2.28 bits per heavy atom. The van der Waals surface area contributed by atoms with Crippen molar-refractivity contribution in [2.75, 3.05) is 24.6 Å². The molecule has 0 unspecified atom stereocenters. The summed E-state index contributed by atoms with van der Waals surface area (Å²) in [4.78, 5) is 57.0. The number of aromatic carboxylic acids is 1. The molecule has 4 rings (SSSR count). The Labute approximate surface area is 206 Å². The highest BCUT2D eigenvalue weighted by Crippen LogP contribution is 2.33. The zero-order valence-electron chi connectivity index (χ0n) is 18.4. The number of carbonyl (C=O) groups is 3. The Bertz CT molecular complexity index is 1100. The fourth-order valence-electron chi connectivity index (χ4n) is 3.73. The molecule has 2 fully saturated rings. The van der Waals surface area contributed by atoms with Crippen molar-refractivity contribution in [3.8, 4) is 0 Å². The van der Waals surface area contributed by atoms with Crippen LogP contribution in [0.4, 0.5) is 18.9 Å². The van der Waals surface area contributed by atoms with Crippen molar-refractivity contribution in [1.29, 1.82) is 0 Å². The van der Waals surface area contributed by atoms with Crippen LogP contribution in [0.3, 0.4) is 0 Å². The fourth-order valence-corrected chi connectivity index (χ4v) is 3.86. The van der Waals surface area contributed by atoms with E-state index in [1.165, 1.54) is 11.3 Å². The minimum absolute atomic E-state index is 0.0800. The molecule has 0 aromatic carbocycles. The van der Waals surface area contributed by atoms with Crippen LogP contribution in [-0.2, 0) is 14.4 Å². The number of halogens is 4. The summed E-state index contributed by atoms with van der Waals surface area (Å²) in [5.41, 5.74) is 0.975. The Morgan fingerprint density at radius 1 is 1.06 bits per heavy atom. The quantitative estimate of drug-likeness (QED) is 0.556. The summed E-state index contributed by atoms with van der Waals surface area (Å²) in [6.07, 6.45) is 2.97. The lowest BCUT2D eigenvalue weighted by Crippen LogP contribution is -2.42. The maximum absolute atomic E-state index is 13.0. The predicted octanol–water partition coefficient (Wildman–Crippen LogP) is 2.37. The molecule has 0 aliphatic carbocycles. The van der Waals surface area contributed by atoms with Crippen LogP contribution in [0.15, 0.2) is 24.8 Å². The molecule has 12 nitrogen and oxygen atoms in total. The third kappa shape index (κ3) is 6.54. The highest BCUT2D eigenvalue weighted by atomic mass is 35.5. The smallest absolute Gasteiger partial charge is 0.476 e. The molecule has 36 heavy (non-hydrogen) atoms. The van der Waals surface area contributed by atoms with Crippen LogP contribution in [0.25, 0.3) is 0 Å². The van der Waals surface area contributed by atoms with Crippen molar-refractivity contribution in [3.63, 3.8) is 0 Å². The maximum atomic E-state index is 13.0. The number of nitrogens with zero attached hydrogens (tertiary/aromatic N) is 6. The number of aromatic nitrogens is 4. The van der Waals surface area contributed by atoms with Gasteiger partial charge in [0.1, 0.15) is 6.04 Å². The number of piperidine rings is 1. The van der Waals surface area contributed by atoms with Crippen LogP contribution in [0.1, 0.15) is 41.5 Å². The van der Waals surface area contributed by atoms with Crippen molar-refractivity contribution in [3.05, 3.63) is 41.5 Å². The topological polar surface area (TPSA) is 159 Å². The van der Waals surface area contributed by atoms with Crippen LogP contribution < -0.4 is 4.90 Å². The van der Waals surface area contributed by atoms with E-state index in [9.17, 15) is 27.9 Å². The van der Waals surface area contributed by atoms with Gasteiger partial charge in [-0.3, -0.25) is 19.6 Å². The van der Waals surface area contributed by atoms with E-state index < -0.39 is 18.1 Å². The van der Waals surface area contributed by atoms with Gasteiger partial charge in [-0.1, -0.05) is 0 Å². The molecule has 1 amide bonds. The largest absolute Gasteiger partial charge is 0.490 e. The Kier molecular flexibility index (Phi) is 8.57. The van der Waals surface area contributed by atoms with Crippen molar-refractivity contribution < 1.29 is 42.6 Å². The maximum Gasteiger partial charge on any atom is 0.490 e. The lowest BCUT2D eigenvalue weighted by Gasteiger charge is -2.35. The molecule has 0 saturated carbocycles. The summed E-state index contributed by atoms with van der Waals surface area (Å²) >= 11 is 5.72. The zero-order chi connectivity index (χ0) is 26.5. The number of rotatable bonds is 4. The Balaban J connectivity index is 0.000000454. The standard InChI is InChI=1S/C18H19ClN6O4.C2HF3O2/c19-18-22-10-14(15(23-18)17(27)28)24-6-1-11(2-7-24)16(26)25-13(3-8-29-25)12-9-20-4-5-21-12;3-2(4,5)1(6)7/h4-5,9-11,13H,1-3,6-8H2,(H,27,28);(H,6,7)/t13-;/m0./s1. The normalized spacial score (nSPS) is 18.4. The molecule has 4 heterocycles. The van der Waals surface area contributed by atoms with Crippen LogP contribution in [0.2, 0.25) is 5.28 Å². The lowest BCUT2D eigenvalue weighted by molar-refractivity contribution is -0.192. The monoisotopic (exact) mass is 532 g/mol. The summed E-state index contributed by atoms with van der Waals surface area (Å²) in [7, 11) is 0. The van der Waals surface area contributed by atoms with Gasteiger partial charge < -0.3 is 15.1 Å². The number of alkyl halides is 3. The van der Waals surface area contributed by atoms with Gasteiger partial charge in [-0.05, 0) is 24.4 Å². The third-order valence-corrected chi connectivity index (χ3v) is 5.60. The van der Waals surface area contributed by atoms with Gasteiger partial charge >= 0.3 is 18.1 Å². The number of anilines is 1. The number of carboxylic acids is 2. The molecule has 1 atom stereocenters. The average molecular weight is 533 g/mol. The van der Waals surface area contributed by atoms with Crippen molar-refractivity contribution in [1.82, 2.24) is 25.0 Å². The van der Waals surface area contributed by atoms with Gasteiger partial charge in [-0.2, -0.15) is 13.2 Å². The molecule has 0 bridgehead atoms. The second-order valence-electron chi connectivity index (χ2n) is 7.67. The number of amides is 1. The van der Waals surface area contributed by atoms with Crippen LogP contribution in [0, 0.1) is 5.92 Å². The highest BCUT2D eigenvalue weighted by Gasteiger charge is 2.39. The van der Waals surface area contributed by atoms with Gasteiger partial charge in [0.25, 0.3) is 0 Å². The molecule has 16 heteroatoms. The Morgan fingerprint density at radius 2 is 1.72 bits per heavy atom. The minimum atomic E-state index is -5.08. The molecule has 2 N–H and O–H groups in total. The number of hydrogen-bond donors (Lipinski definition) is 2. The summed E-state index contributed by atoms with van der Waals surface area (Å²) in [6.45, 7) is 1.46. The first kappa shape index (κ1) is 27.0. The Hall–Kier alpha value is -3.59.